The molecule has 0 aliphatic carbocycles. The van der Waals surface area contributed by atoms with E-state index < -0.39 is 29.9 Å². The summed E-state index contributed by atoms with van der Waals surface area (Å²) in [6, 6.07) is 9.15. The normalized spacial score (nSPS) is 14.2. The van der Waals surface area contributed by atoms with Crippen molar-refractivity contribution in [3.63, 3.8) is 0 Å². The summed E-state index contributed by atoms with van der Waals surface area (Å²) >= 11 is 0. The molecule has 3 rings (SSSR count). The lowest BCUT2D eigenvalue weighted by molar-refractivity contribution is -0.138. The van der Waals surface area contributed by atoms with Gasteiger partial charge in [-0.1, -0.05) is 30.3 Å². The molecule has 2 aromatic rings. The Morgan fingerprint density at radius 3 is 2.37 bits per heavy atom. The highest BCUT2D eigenvalue weighted by Crippen LogP contribution is 2.17. The fraction of sp³-hybridized carbons (Fsp3) is 0.391. The third kappa shape index (κ3) is 6.88. The van der Waals surface area contributed by atoms with Gasteiger partial charge in [-0.3, -0.25) is 14.4 Å². The molecule has 186 valence electrons. The number of rotatable bonds is 8. The van der Waals surface area contributed by atoms with Crippen LogP contribution in [0.4, 0.5) is 10.6 Å². The number of nitrogens with two attached hydrogens (primary N) is 1. The van der Waals surface area contributed by atoms with Crippen LogP contribution in [0.25, 0.3) is 11.4 Å². The van der Waals surface area contributed by atoms with Gasteiger partial charge in [-0.15, -0.1) is 0 Å². The molecule has 0 unspecified atom stereocenters. The van der Waals surface area contributed by atoms with Gasteiger partial charge in [0, 0.05) is 44.2 Å². The van der Waals surface area contributed by atoms with E-state index in [1.807, 2.05) is 6.07 Å². The molecule has 35 heavy (non-hydrogen) atoms. The molecule has 4 N–H and O–H groups in total. The van der Waals surface area contributed by atoms with E-state index in [1.54, 1.807) is 31.2 Å². The monoisotopic (exact) mass is 484 g/mol. The van der Waals surface area contributed by atoms with Crippen LogP contribution >= 0.6 is 0 Å². The zero-order valence-electron chi connectivity index (χ0n) is 19.3. The SMILES string of the molecule is CCOC(=O)N1CCN(C(=O)[C@H](CCC(=O)O)NC(=O)c2cc(N)nc(-c3ccccc3)n2)CC1. The molecule has 12 nitrogen and oxygen atoms in total. The second-order valence-electron chi connectivity index (χ2n) is 7.84. The summed E-state index contributed by atoms with van der Waals surface area (Å²) in [6.45, 7) is 2.97. The number of carbonyl (C=O) groups is 4. The topological polar surface area (TPSA) is 168 Å². The average molecular weight is 485 g/mol. The molecule has 1 saturated heterocycles. The molecular formula is C23H28N6O6. The van der Waals surface area contributed by atoms with Gasteiger partial charge in [0.05, 0.1) is 6.61 Å². The number of benzene rings is 1. The maximum absolute atomic E-state index is 13.2. The van der Waals surface area contributed by atoms with Crippen molar-refractivity contribution in [3.8, 4) is 11.4 Å². The van der Waals surface area contributed by atoms with Gasteiger partial charge >= 0.3 is 12.1 Å². The quantitative estimate of drug-likeness (QED) is 0.495. The van der Waals surface area contributed by atoms with E-state index >= 15 is 0 Å². The number of anilines is 1. The van der Waals surface area contributed by atoms with Gasteiger partial charge in [-0.05, 0) is 13.3 Å². The van der Waals surface area contributed by atoms with E-state index in [0.29, 0.717) is 5.56 Å². The summed E-state index contributed by atoms with van der Waals surface area (Å²) in [4.78, 5) is 60.6. The van der Waals surface area contributed by atoms with Gasteiger partial charge in [0.25, 0.3) is 5.91 Å². The molecule has 1 aromatic heterocycles. The summed E-state index contributed by atoms with van der Waals surface area (Å²) < 4.78 is 4.98. The van der Waals surface area contributed by atoms with Crippen LogP contribution in [-0.2, 0) is 14.3 Å². The van der Waals surface area contributed by atoms with Crippen molar-refractivity contribution in [3.05, 3.63) is 42.1 Å². The number of amides is 3. The van der Waals surface area contributed by atoms with Crippen LogP contribution in [0.15, 0.2) is 36.4 Å². The van der Waals surface area contributed by atoms with Gasteiger partial charge in [-0.25, -0.2) is 14.8 Å². The van der Waals surface area contributed by atoms with Crippen molar-refractivity contribution in [2.24, 2.45) is 0 Å². The summed E-state index contributed by atoms with van der Waals surface area (Å²) in [7, 11) is 0. The van der Waals surface area contributed by atoms with Gasteiger partial charge in [0.1, 0.15) is 17.6 Å². The Kier molecular flexibility index (Phi) is 8.54. The van der Waals surface area contributed by atoms with Crippen LogP contribution in [0.5, 0.6) is 0 Å². The first-order valence-electron chi connectivity index (χ1n) is 11.2. The van der Waals surface area contributed by atoms with Crippen LogP contribution in [0, 0.1) is 0 Å². The first kappa shape index (κ1) is 25.4. The molecule has 2 heterocycles. The number of aliphatic carboxylic acids is 1. The Labute approximate surface area is 202 Å². The molecule has 0 radical (unpaired) electrons. The van der Waals surface area contributed by atoms with Crippen LogP contribution in [0.2, 0.25) is 0 Å². The molecule has 1 aromatic carbocycles. The van der Waals surface area contributed by atoms with Crippen molar-refractivity contribution in [2.45, 2.75) is 25.8 Å². The van der Waals surface area contributed by atoms with Gasteiger partial charge in [-0.2, -0.15) is 0 Å². The van der Waals surface area contributed by atoms with Crippen molar-refractivity contribution < 1.29 is 29.0 Å². The minimum atomic E-state index is -1.10. The lowest BCUT2D eigenvalue weighted by atomic mass is 10.1. The number of hydrogen-bond donors (Lipinski definition) is 3. The third-order valence-corrected chi connectivity index (χ3v) is 5.38. The van der Waals surface area contributed by atoms with E-state index in [2.05, 4.69) is 15.3 Å². The maximum atomic E-state index is 13.2. The Morgan fingerprint density at radius 1 is 1.09 bits per heavy atom. The Balaban J connectivity index is 1.73. The van der Waals surface area contributed by atoms with Crippen molar-refractivity contribution in [1.29, 1.82) is 0 Å². The molecule has 0 spiro atoms. The number of aromatic nitrogens is 2. The molecule has 0 saturated carbocycles. The highest BCUT2D eigenvalue weighted by molar-refractivity contribution is 5.97. The molecule has 1 fully saturated rings. The minimum Gasteiger partial charge on any atom is -0.481 e. The van der Waals surface area contributed by atoms with Gasteiger partial charge in [0.15, 0.2) is 5.82 Å². The lowest BCUT2D eigenvalue weighted by Gasteiger charge is -2.35. The summed E-state index contributed by atoms with van der Waals surface area (Å²) in [6.07, 6.45) is -0.879. The zero-order valence-corrected chi connectivity index (χ0v) is 19.3. The highest BCUT2D eigenvalue weighted by atomic mass is 16.6. The second kappa shape index (κ2) is 11.8. The number of hydrogen-bond acceptors (Lipinski definition) is 8. The predicted molar refractivity (Wildman–Crippen MR) is 125 cm³/mol. The molecule has 1 atom stereocenters. The van der Waals surface area contributed by atoms with E-state index in [1.165, 1.54) is 15.9 Å². The third-order valence-electron chi connectivity index (χ3n) is 5.38. The highest BCUT2D eigenvalue weighted by Gasteiger charge is 2.31. The summed E-state index contributed by atoms with van der Waals surface area (Å²) in [5.41, 5.74) is 6.49. The number of nitrogens with zero attached hydrogens (tertiary/aromatic N) is 4. The average Bonchev–Trinajstić information content (AvgIpc) is 2.86. The van der Waals surface area contributed by atoms with E-state index in [4.69, 9.17) is 15.6 Å². The number of nitrogen functional groups attached to an aromatic ring is 1. The molecule has 12 heteroatoms. The molecule has 1 aliphatic heterocycles. The van der Waals surface area contributed by atoms with Crippen LogP contribution in [0.3, 0.4) is 0 Å². The molecule has 3 amide bonds. The maximum Gasteiger partial charge on any atom is 0.409 e. The van der Waals surface area contributed by atoms with E-state index in [9.17, 15) is 19.2 Å². The number of carboxylic acid groups (broad SMARTS) is 1. The zero-order chi connectivity index (χ0) is 25.4. The van der Waals surface area contributed by atoms with Gasteiger partial charge in [0.2, 0.25) is 5.91 Å². The second-order valence-corrected chi connectivity index (χ2v) is 7.84. The summed E-state index contributed by atoms with van der Waals surface area (Å²) in [5, 5.41) is 11.7. The summed E-state index contributed by atoms with van der Waals surface area (Å²) in [5.74, 6) is -1.88. The van der Waals surface area contributed by atoms with Crippen LogP contribution < -0.4 is 11.1 Å². The minimum absolute atomic E-state index is 0.0448. The van der Waals surface area contributed by atoms with E-state index in [-0.39, 0.29) is 63.0 Å². The molecule has 1 aliphatic rings. The van der Waals surface area contributed by atoms with Crippen LogP contribution in [-0.4, -0.2) is 87.6 Å². The van der Waals surface area contributed by atoms with Crippen LogP contribution in [0.1, 0.15) is 30.3 Å². The first-order chi connectivity index (χ1) is 16.8. The Bertz CT molecular complexity index is 1070. The standard InChI is InChI=1S/C23H28N6O6/c1-2-35-23(34)29-12-10-28(11-13-29)22(33)16(8-9-19(30)31)26-21(32)17-14-18(24)27-20(25-17)15-6-4-3-5-7-15/h3-7,14,16H,2,8-13H2,1H3,(H,26,32)(H,30,31)(H2,24,25,27)/t16-/m0/s1. The smallest absolute Gasteiger partial charge is 0.409 e. The van der Waals surface area contributed by atoms with E-state index in [0.717, 1.165) is 0 Å². The number of carboxylic acids is 1. The Morgan fingerprint density at radius 2 is 1.74 bits per heavy atom. The predicted octanol–water partition coefficient (Wildman–Crippen LogP) is 0.990. The fourth-order valence-electron chi connectivity index (χ4n) is 3.60. The first-order valence-corrected chi connectivity index (χ1v) is 11.2. The molecular weight excluding hydrogens is 456 g/mol. The number of piperazine rings is 1. The number of nitrogens with one attached hydrogen (secondary N) is 1. The van der Waals surface area contributed by atoms with Crippen molar-refractivity contribution in [1.82, 2.24) is 25.1 Å². The van der Waals surface area contributed by atoms with Crippen molar-refractivity contribution >= 4 is 29.7 Å². The lowest BCUT2D eigenvalue weighted by Crippen LogP contribution is -2.56. The Hall–Kier alpha value is -4.22. The van der Waals surface area contributed by atoms with Gasteiger partial charge < -0.3 is 30.7 Å². The largest absolute Gasteiger partial charge is 0.481 e. The number of ether oxygens (including phenoxy) is 1. The fourth-order valence-corrected chi connectivity index (χ4v) is 3.60. The van der Waals surface area contributed by atoms with Crippen molar-refractivity contribution in [2.75, 3.05) is 38.5 Å². The molecule has 0 bridgehead atoms. The number of carbonyl (C=O) groups excluding carboxylic acids is 3.